The molecule has 0 aliphatic carbocycles. The number of hydrogen-bond acceptors (Lipinski definition) is 7. The molecule has 9 heteroatoms. The zero-order valence-electron chi connectivity index (χ0n) is 20.5. The van der Waals surface area contributed by atoms with Gasteiger partial charge in [0.15, 0.2) is 0 Å². The van der Waals surface area contributed by atoms with Crippen LogP contribution >= 0.6 is 11.3 Å². The molecule has 0 spiro atoms. The SMILES string of the molecule is Cc1ccccc1-c1csc(C(=CN)c2nc(C3CCN(C(=O)OC(C)(C)C)CC3)cc(=O)[nH]2)n1. The highest BCUT2D eigenvalue weighted by Crippen LogP contribution is 2.31. The molecule has 1 aliphatic heterocycles. The first-order chi connectivity index (χ1) is 16.6. The fourth-order valence-corrected chi connectivity index (χ4v) is 4.98. The number of nitrogens with zero attached hydrogens (tertiary/aromatic N) is 3. The number of ether oxygens (including phenoxy) is 1. The molecule has 0 atom stereocenters. The molecule has 35 heavy (non-hydrogen) atoms. The summed E-state index contributed by atoms with van der Waals surface area (Å²) >= 11 is 1.46. The van der Waals surface area contributed by atoms with Crippen LogP contribution in [0.4, 0.5) is 4.79 Å². The standard InChI is InChI=1S/C26H31N5O3S/c1-16-7-5-6-8-18(16)21-15-35-24(29-21)19(14-27)23-28-20(13-22(32)30-23)17-9-11-31(12-10-17)25(33)34-26(2,3)4/h5-8,13-15,17H,9-12,27H2,1-4H3,(H,28,30,32). The molecule has 1 aliphatic rings. The lowest BCUT2D eigenvalue weighted by Gasteiger charge is -2.33. The lowest BCUT2D eigenvalue weighted by Crippen LogP contribution is -2.41. The Hall–Kier alpha value is -3.46. The lowest BCUT2D eigenvalue weighted by molar-refractivity contribution is 0.0204. The average molecular weight is 494 g/mol. The van der Waals surface area contributed by atoms with E-state index in [1.54, 1.807) is 4.90 Å². The predicted molar refractivity (Wildman–Crippen MR) is 138 cm³/mol. The highest BCUT2D eigenvalue weighted by molar-refractivity contribution is 7.11. The van der Waals surface area contributed by atoms with E-state index < -0.39 is 5.60 Å². The molecular formula is C26H31N5O3S. The second kappa shape index (κ2) is 10.0. The first-order valence-electron chi connectivity index (χ1n) is 11.7. The summed E-state index contributed by atoms with van der Waals surface area (Å²) in [6.07, 6.45) is 2.53. The number of H-pyrrole nitrogens is 1. The van der Waals surface area contributed by atoms with Gasteiger partial charge in [-0.1, -0.05) is 24.3 Å². The molecule has 3 N–H and O–H groups in total. The molecule has 3 aromatic rings. The Balaban J connectivity index is 1.53. The van der Waals surface area contributed by atoms with Gasteiger partial charge in [-0.05, 0) is 46.1 Å². The Morgan fingerprint density at radius 3 is 2.60 bits per heavy atom. The Morgan fingerprint density at radius 2 is 1.94 bits per heavy atom. The van der Waals surface area contributed by atoms with Crippen molar-refractivity contribution in [2.75, 3.05) is 13.1 Å². The van der Waals surface area contributed by atoms with Crippen molar-refractivity contribution in [1.82, 2.24) is 19.9 Å². The largest absolute Gasteiger partial charge is 0.444 e. The predicted octanol–water partition coefficient (Wildman–Crippen LogP) is 4.66. The number of aryl methyl sites for hydroxylation is 1. The van der Waals surface area contributed by atoms with Crippen molar-refractivity contribution in [3.63, 3.8) is 0 Å². The second-order valence-corrected chi connectivity index (χ2v) is 10.6. The van der Waals surface area contributed by atoms with Crippen molar-refractivity contribution in [2.24, 2.45) is 5.73 Å². The summed E-state index contributed by atoms with van der Waals surface area (Å²) in [5.41, 5.74) is 9.53. The zero-order chi connectivity index (χ0) is 25.2. The van der Waals surface area contributed by atoms with Gasteiger partial charge >= 0.3 is 6.09 Å². The normalized spacial score (nSPS) is 15.3. The van der Waals surface area contributed by atoms with Crippen LogP contribution in [0.1, 0.15) is 61.6 Å². The maximum atomic E-state index is 12.5. The first kappa shape index (κ1) is 24.7. The molecule has 0 radical (unpaired) electrons. The molecule has 1 aromatic carbocycles. The summed E-state index contributed by atoms with van der Waals surface area (Å²) in [6, 6.07) is 9.59. The number of nitrogens with one attached hydrogen (secondary N) is 1. The minimum Gasteiger partial charge on any atom is -0.444 e. The van der Waals surface area contributed by atoms with Crippen LogP contribution in [0.25, 0.3) is 16.8 Å². The van der Waals surface area contributed by atoms with Gasteiger partial charge in [0.2, 0.25) is 0 Å². The van der Waals surface area contributed by atoms with Gasteiger partial charge < -0.3 is 20.4 Å². The minimum absolute atomic E-state index is 0.0626. The number of nitrogens with two attached hydrogens (primary N) is 1. The topological polar surface area (TPSA) is 114 Å². The number of likely N-dealkylation sites (tertiary alicyclic amines) is 1. The summed E-state index contributed by atoms with van der Waals surface area (Å²) in [4.78, 5) is 39.0. The molecule has 0 saturated carbocycles. The smallest absolute Gasteiger partial charge is 0.410 e. The van der Waals surface area contributed by atoms with Crippen LogP contribution in [0.15, 0.2) is 46.7 Å². The monoisotopic (exact) mass is 493 g/mol. The molecule has 0 bridgehead atoms. The van der Waals surface area contributed by atoms with E-state index in [1.807, 2.05) is 57.3 Å². The minimum atomic E-state index is -0.531. The number of aromatic nitrogens is 3. The molecule has 8 nitrogen and oxygen atoms in total. The maximum absolute atomic E-state index is 12.5. The molecule has 2 aromatic heterocycles. The maximum Gasteiger partial charge on any atom is 0.410 e. The summed E-state index contributed by atoms with van der Waals surface area (Å²) < 4.78 is 5.48. The Labute approximate surface area is 208 Å². The van der Waals surface area contributed by atoms with Crippen molar-refractivity contribution in [3.05, 3.63) is 74.4 Å². The van der Waals surface area contributed by atoms with Crippen LogP contribution in [-0.4, -0.2) is 44.6 Å². The number of amides is 1. The van der Waals surface area contributed by atoms with E-state index in [9.17, 15) is 9.59 Å². The van der Waals surface area contributed by atoms with Gasteiger partial charge in [0, 0.05) is 42.2 Å². The number of piperidine rings is 1. The average Bonchev–Trinajstić information content (AvgIpc) is 3.28. The van der Waals surface area contributed by atoms with Crippen LogP contribution in [-0.2, 0) is 4.74 Å². The van der Waals surface area contributed by atoms with Crippen LogP contribution in [0.5, 0.6) is 0 Å². The van der Waals surface area contributed by atoms with E-state index in [4.69, 9.17) is 20.4 Å². The van der Waals surface area contributed by atoms with Gasteiger partial charge in [0.1, 0.15) is 16.4 Å². The first-order valence-corrected chi connectivity index (χ1v) is 12.6. The number of benzene rings is 1. The van der Waals surface area contributed by atoms with Crippen molar-refractivity contribution in [1.29, 1.82) is 0 Å². The van der Waals surface area contributed by atoms with E-state index in [0.717, 1.165) is 16.8 Å². The lowest BCUT2D eigenvalue weighted by atomic mass is 9.93. The fourth-order valence-electron chi connectivity index (χ4n) is 4.13. The van der Waals surface area contributed by atoms with Crippen molar-refractivity contribution in [3.8, 4) is 11.3 Å². The van der Waals surface area contributed by atoms with Crippen molar-refractivity contribution in [2.45, 2.75) is 52.1 Å². The molecular weight excluding hydrogens is 462 g/mol. The van der Waals surface area contributed by atoms with Gasteiger partial charge in [-0.2, -0.15) is 0 Å². The molecule has 0 unspecified atom stereocenters. The zero-order valence-corrected chi connectivity index (χ0v) is 21.3. The van der Waals surface area contributed by atoms with Crippen LogP contribution in [0.2, 0.25) is 0 Å². The summed E-state index contributed by atoms with van der Waals surface area (Å²) in [7, 11) is 0. The number of hydrogen-bond donors (Lipinski definition) is 2. The summed E-state index contributed by atoms with van der Waals surface area (Å²) in [5, 5.41) is 2.67. The Morgan fingerprint density at radius 1 is 1.23 bits per heavy atom. The fraction of sp³-hybridized carbons (Fsp3) is 0.385. The summed E-state index contributed by atoms with van der Waals surface area (Å²) in [6.45, 7) is 8.71. The van der Waals surface area contributed by atoms with E-state index in [-0.39, 0.29) is 17.6 Å². The highest BCUT2D eigenvalue weighted by Gasteiger charge is 2.28. The van der Waals surface area contributed by atoms with Gasteiger partial charge in [-0.25, -0.2) is 14.8 Å². The molecule has 3 heterocycles. The van der Waals surface area contributed by atoms with Gasteiger partial charge in [-0.15, -0.1) is 11.3 Å². The van der Waals surface area contributed by atoms with Crippen molar-refractivity contribution >= 4 is 23.0 Å². The van der Waals surface area contributed by atoms with Crippen LogP contribution in [0, 0.1) is 6.92 Å². The molecule has 1 saturated heterocycles. The highest BCUT2D eigenvalue weighted by atomic mass is 32.1. The number of aromatic amines is 1. The van der Waals surface area contributed by atoms with Crippen LogP contribution < -0.4 is 11.3 Å². The quantitative estimate of drug-likeness (QED) is 0.546. The second-order valence-electron chi connectivity index (χ2n) is 9.69. The molecule has 4 rings (SSSR count). The van der Waals surface area contributed by atoms with Gasteiger partial charge in [0.25, 0.3) is 5.56 Å². The number of carbonyl (C=O) groups excluding carboxylic acids is 1. The van der Waals surface area contributed by atoms with E-state index in [0.29, 0.717) is 48.0 Å². The Kier molecular flexibility index (Phi) is 7.07. The number of rotatable bonds is 4. The van der Waals surface area contributed by atoms with Crippen molar-refractivity contribution < 1.29 is 9.53 Å². The Bertz CT molecular complexity index is 1300. The third kappa shape index (κ3) is 5.79. The third-order valence-electron chi connectivity index (χ3n) is 5.90. The summed E-state index contributed by atoms with van der Waals surface area (Å²) in [5.74, 6) is 0.461. The number of carbonyl (C=O) groups is 1. The van der Waals surface area contributed by atoms with Gasteiger partial charge in [-0.3, -0.25) is 4.79 Å². The molecule has 184 valence electrons. The van der Waals surface area contributed by atoms with Gasteiger partial charge in [0.05, 0.1) is 17.0 Å². The third-order valence-corrected chi connectivity index (χ3v) is 6.78. The molecule has 1 fully saturated rings. The van der Waals surface area contributed by atoms with E-state index in [1.165, 1.54) is 23.6 Å². The van der Waals surface area contributed by atoms with Crippen LogP contribution in [0.3, 0.4) is 0 Å². The van der Waals surface area contributed by atoms with E-state index in [2.05, 4.69) is 4.98 Å². The molecule has 1 amide bonds. The number of thiazole rings is 1. The van der Waals surface area contributed by atoms with E-state index >= 15 is 0 Å².